The molecule has 1 aromatic carbocycles. The fraction of sp³-hybridized carbons (Fsp3) is 0.444. The lowest BCUT2D eigenvalue weighted by atomic mass is 10.3. The van der Waals surface area contributed by atoms with Gasteiger partial charge in [0.15, 0.2) is 5.69 Å². The highest BCUT2D eigenvalue weighted by Crippen LogP contribution is 2.32. The third kappa shape index (κ3) is 4.94. The van der Waals surface area contributed by atoms with E-state index in [1.165, 1.54) is 16.8 Å². The highest BCUT2D eigenvalue weighted by atomic mass is 32.2. The second-order valence-electron chi connectivity index (χ2n) is 7.16. The highest BCUT2D eigenvalue weighted by Gasteiger charge is 2.27. The van der Waals surface area contributed by atoms with Crippen molar-refractivity contribution in [3.8, 4) is 11.6 Å². The Morgan fingerprint density at radius 3 is 2.70 bits per heavy atom. The quantitative estimate of drug-likeness (QED) is 0.451. The van der Waals surface area contributed by atoms with Crippen molar-refractivity contribution < 1.29 is 22.9 Å². The van der Waals surface area contributed by atoms with Crippen molar-refractivity contribution in [2.45, 2.75) is 50.1 Å². The zero-order chi connectivity index (χ0) is 22.1. The summed E-state index contributed by atoms with van der Waals surface area (Å²) in [4.78, 5) is 22.3. The van der Waals surface area contributed by atoms with E-state index in [0.717, 1.165) is 25.0 Å². The van der Waals surface area contributed by atoms with Gasteiger partial charge in [-0.15, -0.1) is 0 Å². The lowest BCUT2D eigenvalue weighted by molar-refractivity contribution is -0.385. The Morgan fingerprint density at radius 1 is 1.40 bits per heavy atom. The monoisotopic (exact) mass is 437 g/mol. The van der Waals surface area contributed by atoms with Gasteiger partial charge in [0.05, 0.1) is 4.92 Å². The maximum atomic E-state index is 12.8. The molecule has 3 rings (SSSR count). The number of benzene rings is 1. The lowest BCUT2D eigenvalue weighted by Gasteiger charge is -2.15. The van der Waals surface area contributed by atoms with E-state index in [0.29, 0.717) is 6.42 Å². The molecule has 1 atom stereocenters. The number of nitrogens with one attached hydrogen (secondary N) is 2. The standard InChI is InChI=1S/C18H23N5O6S/c1-4-11(2)21-30(27,28)16-9-13(23(25)26)7-8-15(16)29-17-10-14(20-22(17)3)18(24)19-12-5-6-12/h7-12,21H,4-6H2,1-3H3,(H,19,24)/t11-/m1/s1. The number of nitro groups is 1. The molecule has 162 valence electrons. The van der Waals surface area contributed by atoms with E-state index < -0.39 is 14.9 Å². The number of ether oxygens (including phenoxy) is 1. The topological polar surface area (TPSA) is 145 Å². The molecule has 0 spiro atoms. The fourth-order valence-corrected chi connectivity index (χ4v) is 4.05. The van der Waals surface area contributed by atoms with Gasteiger partial charge in [-0.1, -0.05) is 6.92 Å². The number of hydrogen-bond donors (Lipinski definition) is 2. The first kappa shape index (κ1) is 21.7. The van der Waals surface area contributed by atoms with Crippen LogP contribution in [0, 0.1) is 10.1 Å². The molecule has 1 heterocycles. The second kappa shape index (κ2) is 8.40. The number of carbonyl (C=O) groups excluding carboxylic acids is 1. The van der Waals surface area contributed by atoms with Gasteiger partial charge in [-0.2, -0.15) is 5.10 Å². The summed E-state index contributed by atoms with van der Waals surface area (Å²) in [6, 6.07) is 4.46. The Hall–Kier alpha value is -2.99. The summed E-state index contributed by atoms with van der Waals surface area (Å²) in [5.74, 6) is -0.351. The molecule has 0 bridgehead atoms. The molecule has 1 aliphatic carbocycles. The molecule has 0 aliphatic heterocycles. The summed E-state index contributed by atoms with van der Waals surface area (Å²) >= 11 is 0. The second-order valence-corrected chi connectivity index (χ2v) is 8.84. The Kier molecular flexibility index (Phi) is 6.08. The van der Waals surface area contributed by atoms with Gasteiger partial charge in [0, 0.05) is 37.3 Å². The number of aromatic nitrogens is 2. The Bertz CT molecular complexity index is 1080. The summed E-state index contributed by atoms with van der Waals surface area (Å²) in [5.41, 5.74) is -0.259. The lowest BCUT2D eigenvalue weighted by Crippen LogP contribution is -2.32. The average molecular weight is 437 g/mol. The number of aryl methyl sites for hydroxylation is 1. The van der Waals surface area contributed by atoms with Crippen molar-refractivity contribution in [1.29, 1.82) is 0 Å². The van der Waals surface area contributed by atoms with Crippen molar-refractivity contribution in [3.63, 3.8) is 0 Å². The summed E-state index contributed by atoms with van der Waals surface area (Å²) in [6.45, 7) is 3.49. The van der Waals surface area contributed by atoms with Crippen molar-refractivity contribution in [1.82, 2.24) is 19.8 Å². The van der Waals surface area contributed by atoms with Gasteiger partial charge in [-0.3, -0.25) is 14.9 Å². The van der Waals surface area contributed by atoms with Crippen LogP contribution in [0.25, 0.3) is 0 Å². The van der Waals surface area contributed by atoms with E-state index in [9.17, 15) is 23.3 Å². The zero-order valence-electron chi connectivity index (χ0n) is 16.8. The minimum atomic E-state index is -4.10. The van der Waals surface area contributed by atoms with E-state index in [2.05, 4.69) is 15.1 Å². The highest BCUT2D eigenvalue weighted by molar-refractivity contribution is 7.89. The maximum absolute atomic E-state index is 12.8. The maximum Gasteiger partial charge on any atom is 0.272 e. The molecule has 11 nitrogen and oxygen atoms in total. The number of sulfonamides is 1. The third-order valence-electron chi connectivity index (χ3n) is 4.59. The number of carbonyl (C=O) groups is 1. The predicted molar refractivity (Wildman–Crippen MR) is 107 cm³/mol. The van der Waals surface area contributed by atoms with Crippen LogP contribution in [0.2, 0.25) is 0 Å². The van der Waals surface area contributed by atoms with Gasteiger partial charge < -0.3 is 10.1 Å². The van der Waals surface area contributed by atoms with Crippen LogP contribution in [-0.2, 0) is 17.1 Å². The zero-order valence-corrected chi connectivity index (χ0v) is 17.6. The first-order valence-corrected chi connectivity index (χ1v) is 10.9. The summed E-state index contributed by atoms with van der Waals surface area (Å²) < 4.78 is 35.1. The van der Waals surface area contributed by atoms with Crippen LogP contribution in [-0.4, -0.2) is 41.1 Å². The summed E-state index contributed by atoms with van der Waals surface area (Å²) in [5, 5.41) is 18.0. The fourth-order valence-electron chi connectivity index (χ4n) is 2.57. The minimum absolute atomic E-state index is 0.116. The van der Waals surface area contributed by atoms with Gasteiger partial charge in [-0.25, -0.2) is 17.8 Å². The van der Waals surface area contributed by atoms with Crippen LogP contribution in [0.5, 0.6) is 11.6 Å². The molecular formula is C18H23N5O6S. The molecule has 30 heavy (non-hydrogen) atoms. The summed E-state index contributed by atoms with van der Waals surface area (Å²) in [7, 11) is -2.55. The Morgan fingerprint density at radius 2 is 2.10 bits per heavy atom. The van der Waals surface area contributed by atoms with E-state index in [1.807, 2.05) is 6.92 Å². The number of hydrogen-bond acceptors (Lipinski definition) is 7. The normalized spacial score (nSPS) is 14.9. The van der Waals surface area contributed by atoms with Crippen LogP contribution >= 0.6 is 0 Å². The first-order chi connectivity index (χ1) is 14.1. The average Bonchev–Trinajstić information content (AvgIpc) is 3.42. The molecule has 0 saturated heterocycles. The van der Waals surface area contributed by atoms with E-state index in [1.54, 1.807) is 14.0 Å². The summed E-state index contributed by atoms with van der Waals surface area (Å²) in [6.07, 6.45) is 2.38. The molecule has 1 fully saturated rings. The number of amides is 1. The van der Waals surface area contributed by atoms with E-state index >= 15 is 0 Å². The van der Waals surface area contributed by atoms with Crippen molar-refractivity contribution in [2.24, 2.45) is 7.05 Å². The van der Waals surface area contributed by atoms with Crippen molar-refractivity contribution in [2.75, 3.05) is 0 Å². The third-order valence-corrected chi connectivity index (χ3v) is 6.20. The Labute approximate surface area is 173 Å². The van der Waals surface area contributed by atoms with E-state index in [4.69, 9.17) is 4.74 Å². The molecule has 1 aliphatic rings. The molecule has 0 radical (unpaired) electrons. The molecular weight excluding hydrogens is 414 g/mol. The van der Waals surface area contributed by atoms with Crippen molar-refractivity contribution >= 4 is 21.6 Å². The number of nitro benzene ring substituents is 1. The SMILES string of the molecule is CC[C@@H](C)NS(=O)(=O)c1cc([N+](=O)[O-])ccc1Oc1cc(C(=O)NC2CC2)nn1C. The van der Waals surface area contributed by atoms with E-state index in [-0.39, 0.29) is 45.9 Å². The van der Waals surface area contributed by atoms with Crippen LogP contribution in [0.4, 0.5) is 5.69 Å². The van der Waals surface area contributed by atoms with Gasteiger partial charge in [-0.05, 0) is 32.3 Å². The first-order valence-electron chi connectivity index (χ1n) is 9.44. The minimum Gasteiger partial charge on any atom is -0.438 e. The van der Waals surface area contributed by atoms with Gasteiger partial charge >= 0.3 is 0 Å². The molecule has 0 unspecified atom stereocenters. The molecule has 1 saturated carbocycles. The van der Waals surface area contributed by atoms with Crippen LogP contribution < -0.4 is 14.8 Å². The molecule has 2 N–H and O–H groups in total. The van der Waals surface area contributed by atoms with Gasteiger partial charge in [0.1, 0.15) is 10.6 Å². The molecule has 1 aromatic heterocycles. The number of non-ortho nitro benzene ring substituents is 1. The molecule has 12 heteroatoms. The van der Waals surface area contributed by atoms with Gasteiger partial charge in [0.2, 0.25) is 15.9 Å². The van der Waals surface area contributed by atoms with Gasteiger partial charge in [0.25, 0.3) is 11.6 Å². The number of rotatable bonds is 9. The van der Waals surface area contributed by atoms with Crippen molar-refractivity contribution in [3.05, 3.63) is 40.1 Å². The smallest absolute Gasteiger partial charge is 0.272 e. The molecule has 2 aromatic rings. The predicted octanol–water partition coefficient (Wildman–Crippen LogP) is 2.09. The number of nitrogens with zero attached hydrogens (tertiary/aromatic N) is 3. The molecule has 1 amide bonds. The van der Waals surface area contributed by atoms with Crippen LogP contribution in [0.1, 0.15) is 43.6 Å². The largest absolute Gasteiger partial charge is 0.438 e. The van der Waals surface area contributed by atoms with Crippen LogP contribution in [0.15, 0.2) is 29.2 Å². The Balaban J connectivity index is 1.94. The van der Waals surface area contributed by atoms with Crippen LogP contribution in [0.3, 0.4) is 0 Å².